The first-order valence-electron chi connectivity index (χ1n) is 20.3. The third kappa shape index (κ3) is 4.92. The van der Waals surface area contributed by atoms with Crippen molar-refractivity contribution in [3.8, 4) is 56.4 Å². The lowest BCUT2D eigenvalue weighted by Crippen LogP contribution is -2.14. The van der Waals surface area contributed by atoms with Gasteiger partial charge in [-0.05, 0) is 94.0 Å². The highest BCUT2D eigenvalue weighted by Gasteiger charge is 2.35. The molecule has 0 atom stereocenters. The van der Waals surface area contributed by atoms with Gasteiger partial charge in [0.05, 0.1) is 0 Å². The van der Waals surface area contributed by atoms with Crippen molar-refractivity contribution in [2.45, 2.75) is 19.3 Å². The highest BCUT2D eigenvalue weighted by Crippen LogP contribution is 2.50. The second kappa shape index (κ2) is 12.5. The molecular formula is C54H33N3OS2. The van der Waals surface area contributed by atoms with Crippen molar-refractivity contribution in [1.29, 1.82) is 0 Å². The van der Waals surface area contributed by atoms with Crippen molar-refractivity contribution < 1.29 is 4.42 Å². The van der Waals surface area contributed by atoms with E-state index in [1.54, 1.807) is 11.3 Å². The lowest BCUT2D eigenvalue weighted by molar-refractivity contribution is 0.660. The van der Waals surface area contributed by atoms with Crippen molar-refractivity contribution >= 4 is 85.0 Å². The maximum Gasteiger partial charge on any atom is 0.164 e. The molecule has 1 aliphatic rings. The molecule has 0 bridgehead atoms. The monoisotopic (exact) mass is 803 g/mol. The molecule has 60 heavy (non-hydrogen) atoms. The number of rotatable bonds is 4. The van der Waals surface area contributed by atoms with E-state index in [-0.39, 0.29) is 5.41 Å². The van der Waals surface area contributed by atoms with Crippen LogP contribution < -0.4 is 0 Å². The molecule has 4 nitrogen and oxygen atoms in total. The Balaban J connectivity index is 1.03. The van der Waals surface area contributed by atoms with Gasteiger partial charge in [0.15, 0.2) is 17.5 Å². The molecule has 4 aromatic heterocycles. The zero-order chi connectivity index (χ0) is 39.7. The van der Waals surface area contributed by atoms with E-state index >= 15 is 0 Å². The molecule has 1 aliphatic carbocycles. The van der Waals surface area contributed by atoms with Crippen LogP contribution in [-0.2, 0) is 5.41 Å². The SMILES string of the molecule is CC1(C)c2ccccc2-c2ccc(-c3ccc4oc5cccc(-c6nc(-c7ccc8sc9ccccc9c8c7)nc(-c7cccc8sc9ccccc9c78)n6)c5c4c3)cc21. The van der Waals surface area contributed by atoms with Gasteiger partial charge in [-0.3, -0.25) is 0 Å². The average molecular weight is 804 g/mol. The van der Waals surface area contributed by atoms with Gasteiger partial charge in [-0.1, -0.05) is 117 Å². The minimum absolute atomic E-state index is 0.0870. The van der Waals surface area contributed by atoms with Gasteiger partial charge in [-0.15, -0.1) is 22.7 Å². The summed E-state index contributed by atoms with van der Waals surface area (Å²) in [5.41, 5.74) is 12.1. The van der Waals surface area contributed by atoms with Gasteiger partial charge < -0.3 is 4.42 Å². The standard InChI is InChI=1S/C54H33N3OS2/c1-54(2)41-16-6-3-11-33(41)34-24-21-31(29-42(34)54)30-22-25-43-40(27-30)49-37(14-9-17-44(49)58-43)52-55-51(32-23-26-47-39(28-32)35-12-4-7-18-45(35)59-47)56-53(57-52)38-15-10-20-48-50(38)36-13-5-8-19-46(36)60-48/h3-29H,1-2H3. The summed E-state index contributed by atoms with van der Waals surface area (Å²) in [4.78, 5) is 16.0. The molecule has 0 N–H and O–H groups in total. The largest absolute Gasteiger partial charge is 0.456 e. The smallest absolute Gasteiger partial charge is 0.164 e. The molecule has 0 saturated heterocycles. The Morgan fingerprint density at radius 1 is 0.383 bits per heavy atom. The normalized spacial score (nSPS) is 13.3. The summed E-state index contributed by atoms with van der Waals surface area (Å²) in [6.45, 7) is 4.67. The Bertz CT molecular complexity index is 3770. The number of hydrogen-bond acceptors (Lipinski definition) is 6. The minimum Gasteiger partial charge on any atom is -0.456 e. The summed E-state index contributed by atoms with van der Waals surface area (Å²) in [7, 11) is 0. The van der Waals surface area contributed by atoms with Crippen LogP contribution >= 0.6 is 22.7 Å². The lowest BCUT2D eigenvalue weighted by Gasteiger charge is -2.22. The van der Waals surface area contributed by atoms with Crippen molar-refractivity contribution in [1.82, 2.24) is 15.0 Å². The van der Waals surface area contributed by atoms with E-state index in [1.165, 1.54) is 62.8 Å². The van der Waals surface area contributed by atoms with Gasteiger partial charge in [0.25, 0.3) is 0 Å². The summed E-state index contributed by atoms with van der Waals surface area (Å²) < 4.78 is 11.5. The van der Waals surface area contributed by atoms with Crippen LogP contribution in [0.5, 0.6) is 0 Å². The summed E-state index contributed by atoms with van der Waals surface area (Å²) in [6.07, 6.45) is 0. The van der Waals surface area contributed by atoms with Crippen molar-refractivity contribution in [3.05, 3.63) is 175 Å². The van der Waals surface area contributed by atoms with Crippen LogP contribution in [0.3, 0.4) is 0 Å². The van der Waals surface area contributed by atoms with E-state index in [2.05, 4.69) is 166 Å². The maximum atomic E-state index is 6.59. The Hall–Kier alpha value is -6.99. The quantitative estimate of drug-likeness (QED) is 0.178. The van der Waals surface area contributed by atoms with Gasteiger partial charge in [-0.2, -0.15) is 0 Å². The number of nitrogens with zero attached hydrogens (tertiary/aromatic N) is 3. The Kier molecular flexibility index (Phi) is 7.07. The molecule has 0 aliphatic heterocycles. The van der Waals surface area contributed by atoms with Crippen molar-refractivity contribution in [2.75, 3.05) is 0 Å². The van der Waals surface area contributed by atoms with E-state index in [4.69, 9.17) is 19.4 Å². The molecule has 282 valence electrons. The molecule has 0 fully saturated rings. The maximum absolute atomic E-state index is 6.59. The van der Waals surface area contributed by atoms with Crippen LogP contribution in [0.4, 0.5) is 0 Å². The molecule has 0 unspecified atom stereocenters. The van der Waals surface area contributed by atoms with Gasteiger partial charge in [0, 0.05) is 73.2 Å². The molecule has 0 saturated carbocycles. The third-order valence-electron chi connectivity index (χ3n) is 12.6. The molecule has 0 radical (unpaired) electrons. The number of aromatic nitrogens is 3. The number of thiophene rings is 2. The van der Waals surface area contributed by atoms with Crippen LogP contribution in [0, 0.1) is 0 Å². The Labute approximate surface area is 353 Å². The molecule has 4 heterocycles. The van der Waals surface area contributed by atoms with Crippen LogP contribution in [0.2, 0.25) is 0 Å². The van der Waals surface area contributed by atoms with E-state index in [9.17, 15) is 0 Å². The fraction of sp³-hybridized carbons (Fsp3) is 0.0556. The third-order valence-corrected chi connectivity index (χ3v) is 14.9. The molecular weight excluding hydrogens is 771 g/mol. The number of fused-ring (bicyclic) bond motifs is 12. The summed E-state index contributed by atoms with van der Waals surface area (Å²) in [5, 5.41) is 6.84. The lowest BCUT2D eigenvalue weighted by atomic mass is 9.81. The van der Waals surface area contributed by atoms with Crippen LogP contribution in [-0.4, -0.2) is 15.0 Å². The first-order valence-corrected chi connectivity index (χ1v) is 21.9. The zero-order valence-corrected chi connectivity index (χ0v) is 34.3. The van der Waals surface area contributed by atoms with Gasteiger partial charge in [-0.25, -0.2) is 15.0 Å². The fourth-order valence-corrected chi connectivity index (χ4v) is 11.9. The van der Waals surface area contributed by atoms with E-state index in [1.807, 2.05) is 23.5 Å². The van der Waals surface area contributed by atoms with Gasteiger partial charge in [0.2, 0.25) is 0 Å². The molecule has 8 aromatic carbocycles. The number of hydrogen-bond donors (Lipinski definition) is 0. The number of furan rings is 1. The minimum atomic E-state index is -0.0870. The molecule has 0 amide bonds. The molecule has 12 aromatic rings. The van der Waals surface area contributed by atoms with Crippen molar-refractivity contribution in [2.24, 2.45) is 0 Å². The highest BCUT2D eigenvalue weighted by molar-refractivity contribution is 7.26. The predicted octanol–water partition coefficient (Wildman–Crippen LogP) is 15.5. The molecule has 13 rings (SSSR count). The first-order chi connectivity index (χ1) is 29.5. The molecule has 6 heteroatoms. The summed E-state index contributed by atoms with van der Waals surface area (Å²) in [6, 6.07) is 58.8. The van der Waals surface area contributed by atoms with E-state index in [0.717, 1.165) is 49.6 Å². The summed E-state index contributed by atoms with van der Waals surface area (Å²) >= 11 is 3.61. The summed E-state index contributed by atoms with van der Waals surface area (Å²) in [5.74, 6) is 1.89. The van der Waals surface area contributed by atoms with Crippen LogP contribution in [0.25, 0.3) is 119 Å². The van der Waals surface area contributed by atoms with E-state index < -0.39 is 0 Å². The second-order valence-corrected chi connectivity index (χ2v) is 18.5. The zero-order valence-electron chi connectivity index (χ0n) is 32.7. The second-order valence-electron chi connectivity index (χ2n) is 16.3. The van der Waals surface area contributed by atoms with Crippen molar-refractivity contribution in [3.63, 3.8) is 0 Å². The highest BCUT2D eigenvalue weighted by atomic mass is 32.1. The van der Waals surface area contributed by atoms with Gasteiger partial charge >= 0.3 is 0 Å². The van der Waals surface area contributed by atoms with Crippen LogP contribution in [0.1, 0.15) is 25.0 Å². The predicted molar refractivity (Wildman–Crippen MR) is 252 cm³/mol. The van der Waals surface area contributed by atoms with Gasteiger partial charge in [0.1, 0.15) is 11.2 Å². The Morgan fingerprint density at radius 3 is 1.83 bits per heavy atom. The topological polar surface area (TPSA) is 51.8 Å². The fourth-order valence-electron chi connectivity index (χ4n) is 9.65. The first kappa shape index (κ1) is 33.9. The average Bonchev–Trinajstić information content (AvgIpc) is 4.04. The molecule has 0 spiro atoms. The van der Waals surface area contributed by atoms with E-state index in [0.29, 0.717) is 17.5 Å². The van der Waals surface area contributed by atoms with Crippen LogP contribution in [0.15, 0.2) is 168 Å². The number of benzene rings is 8. The Morgan fingerprint density at radius 2 is 0.967 bits per heavy atom.